The first-order chi connectivity index (χ1) is 6.74. The second-order valence-corrected chi connectivity index (χ2v) is 3.34. The minimum atomic E-state index is -0.0386. The van der Waals surface area contributed by atoms with E-state index in [4.69, 9.17) is 4.52 Å². The molecule has 0 bridgehead atoms. The van der Waals surface area contributed by atoms with Crippen LogP contribution in [-0.4, -0.2) is 28.6 Å². The summed E-state index contributed by atoms with van der Waals surface area (Å²) in [4.78, 5) is 15.1. The first-order valence-corrected chi connectivity index (χ1v) is 4.57. The van der Waals surface area contributed by atoms with Crippen molar-refractivity contribution in [2.45, 2.75) is 25.8 Å². The number of nitrogens with one attached hydrogen (secondary N) is 2. The molecule has 2 N–H and O–H groups in total. The van der Waals surface area contributed by atoms with Crippen molar-refractivity contribution >= 4 is 11.9 Å². The molecule has 0 saturated heterocycles. The number of hydrogen-bond donors (Lipinski definition) is 2. The lowest BCUT2D eigenvalue weighted by molar-refractivity contribution is -0.119. The largest absolute Gasteiger partial charge is 0.352 e. The van der Waals surface area contributed by atoms with Crippen molar-refractivity contribution in [1.29, 1.82) is 0 Å². The fourth-order valence-corrected chi connectivity index (χ4v) is 1.03. The number of carbonyl (C=O) groups excluding carboxylic acids is 1. The smallest absolute Gasteiger partial charge is 0.321 e. The zero-order valence-corrected chi connectivity index (χ0v) is 7.91. The van der Waals surface area contributed by atoms with Gasteiger partial charge >= 0.3 is 6.01 Å². The predicted octanol–water partition coefficient (Wildman–Crippen LogP) is 0.0685. The third kappa shape index (κ3) is 2.45. The van der Waals surface area contributed by atoms with E-state index in [1.54, 1.807) is 6.92 Å². The monoisotopic (exact) mass is 196 g/mol. The van der Waals surface area contributed by atoms with Crippen LogP contribution >= 0.6 is 0 Å². The third-order valence-electron chi connectivity index (χ3n) is 1.87. The van der Waals surface area contributed by atoms with Gasteiger partial charge in [-0.15, -0.1) is 0 Å². The summed E-state index contributed by atoms with van der Waals surface area (Å²) in [7, 11) is 0. The minimum absolute atomic E-state index is 0.0386. The van der Waals surface area contributed by atoms with E-state index in [2.05, 4.69) is 20.8 Å². The van der Waals surface area contributed by atoms with Crippen LogP contribution in [-0.2, 0) is 4.79 Å². The van der Waals surface area contributed by atoms with Crippen molar-refractivity contribution in [2.75, 3.05) is 11.9 Å². The molecule has 14 heavy (non-hydrogen) atoms. The van der Waals surface area contributed by atoms with Crippen LogP contribution in [0.4, 0.5) is 6.01 Å². The molecule has 1 heterocycles. The molecule has 1 saturated carbocycles. The summed E-state index contributed by atoms with van der Waals surface area (Å²) in [5, 5.41) is 9.17. The van der Waals surface area contributed by atoms with Crippen LogP contribution in [0.1, 0.15) is 18.7 Å². The maximum Gasteiger partial charge on any atom is 0.321 e. The maximum atomic E-state index is 11.2. The molecule has 1 fully saturated rings. The Bertz CT molecular complexity index is 332. The van der Waals surface area contributed by atoms with Gasteiger partial charge in [-0.1, -0.05) is 5.16 Å². The molecule has 0 aliphatic heterocycles. The van der Waals surface area contributed by atoms with Crippen LogP contribution < -0.4 is 10.6 Å². The predicted molar refractivity (Wildman–Crippen MR) is 48.7 cm³/mol. The number of aromatic nitrogens is 2. The molecular weight excluding hydrogens is 184 g/mol. The van der Waals surface area contributed by atoms with Crippen LogP contribution in [0.2, 0.25) is 0 Å². The van der Waals surface area contributed by atoms with E-state index in [-0.39, 0.29) is 18.5 Å². The van der Waals surface area contributed by atoms with E-state index in [9.17, 15) is 4.79 Å². The second-order valence-electron chi connectivity index (χ2n) is 3.34. The molecule has 6 heteroatoms. The Labute approximate surface area is 81.1 Å². The molecule has 1 aromatic rings. The Morgan fingerprint density at radius 3 is 3.00 bits per heavy atom. The fourth-order valence-electron chi connectivity index (χ4n) is 1.03. The van der Waals surface area contributed by atoms with Crippen molar-refractivity contribution in [3.8, 4) is 0 Å². The molecule has 1 aromatic heterocycles. The van der Waals surface area contributed by atoms with Gasteiger partial charge in [-0.25, -0.2) is 0 Å². The molecule has 2 rings (SSSR count). The number of nitrogens with zero attached hydrogens (tertiary/aromatic N) is 2. The molecule has 6 nitrogen and oxygen atoms in total. The number of rotatable bonds is 4. The van der Waals surface area contributed by atoms with E-state index in [1.165, 1.54) is 0 Å². The van der Waals surface area contributed by atoms with Crippen molar-refractivity contribution in [1.82, 2.24) is 15.5 Å². The average Bonchev–Trinajstić information content (AvgIpc) is 2.85. The van der Waals surface area contributed by atoms with Crippen molar-refractivity contribution < 1.29 is 9.32 Å². The number of hydrogen-bond acceptors (Lipinski definition) is 5. The van der Waals surface area contributed by atoms with Gasteiger partial charge in [0.1, 0.15) is 0 Å². The number of aryl methyl sites for hydroxylation is 1. The average molecular weight is 196 g/mol. The van der Waals surface area contributed by atoms with E-state index in [0.29, 0.717) is 11.9 Å². The number of anilines is 1. The quantitative estimate of drug-likeness (QED) is 0.712. The van der Waals surface area contributed by atoms with Gasteiger partial charge in [-0.3, -0.25) is 4.79 Å². The summed E-state index contributed by atoms with van der Waals surface area (Å²) in [5.41, 5.74) is 0. The lowest BCUT2D eigenvalue weighted by atomic mass is 10.5. The molecule has 0 radical (unpaired) electrons. The second kappa shape index (κ2) is 3.65. The van der Waals surface area contributed by atoms with Crippen molar-refractivity contribution in [3.05, 3.63) is 5.82 Å². The highest BCUT2D eigenvalue weighted by Crippen LogP contribution is 2.18. The molecule has 1 aliphatic rings. The van der Waals surface area contributed by atoms with Gasteiger partial charge < -0.3 is 15.2 Å². The first kappa shape index (κ1) is 8.98. The summed E-state index contributed by atoms with van der Waals surface area (Å²) in [5.74, 6) is 0.512. The van der Waals surface area contributed by atoms with Gasteiger partial charge in [0, 0.05) is 6.04 Å². The molecule has 0 unspecified atom stereocenters. The van der Waals surface area contributed by atoms with Crippen LogP contribution in [0.15, 0.2) is 4.52 Å². The summed E-state index contributed by atoms with van der Waals surface area (Å²) in [6.07, 6.45) is 2.18. The summed E-state index contributed by atoms with van der Waals surface area (Å²) >= 11 is 0. The molecular formula is C8H12N4O2. The normalized spacial score (nSPS) is 15.2. The van der Waals surface area contributed by atoms with Gasteiger partial charge in [-0.2, -0.15) is 4.98 Å². The van der Waals surface area contributed by atoms with Gasteiger partial charge in [0.2, 0.25) is 5.91 Å². The Morgan fingerprint density at radius 2 is 2.43 bits per heavy atom. The fraction of sp³-hybridized carbons (Fsp3) is 0.625. The van der Waals surface area contributed by atoms with Crippen LogP contribution in [0.5, 0.6) is 0 Å². The Morgan fingerprint density at radius 1 is 1.64 bits per heavy atom. The van der Waals surface area contributed by atoms with Crippen molar-refractivity contribution in [3.63, 3.8) is 0 Å². The molecule has 0 aromatic carbocycles. The molecule has 76 valence electrons. The number of amides is 1. The minimum Gasteiger partial charge on any atom is -0.352 e. The first-order valence-electron chi connectivity index (χ1n) is 4.57. The molecule has 0 spiro atoms. The van der Waals surface area contributed by atoms with E-state index in [0.717, 1.165) is 12.8 Å². The topological polar surface area (TPSA) is 80.0 Å². The highest BCUT2D eigenvalue weighted by Gasteiger charge is 2.22. The summed E-state index contributed by atoms with van der Waals surface area (Å²) in [6.45, 7) is 1.90. The van der Waals surface area contributed by atoms with E-state index < -0.39 is 0 Å². The maximum absolute atomic E-state index is 11.2. The van der Waals surface area contributed by atoms with Gasteiger partial charge in [-0.05, 0) is 19.8 Å². The SMILES string of the molecule is Cc1noc(NCC(=O)NC2CC2)n1. The van der Waals surface area contributed by atoms with Gasteiger partial charge in [0.15, 0.2) is 5.82 Å². The summed E-state index contributed by atoms with van der Waals surface area (Å²) in [6, 6.07) is 0.669. The van der Waals surface area contributed by atoms with E-state index >= 15 is 0 Å². The van der Waals surface area contributed by atoms with Gasteiger partial charge in [0.05, 0.1) is 6.54 Å². The van der Waals surface area contributed by atoms with Crippen LogP contribution in [0.25, 0.3) is 0 Å². The van der Waals surface area contributed by atoms with Crippen molar-refractivity contribution in [2.24, 2.45) is 0 Å². The number of carbonyl (C=O) groups is 1. The standard InChI is InChI=1S/C8H12N4O2/c1-5-10-8(14-12-5)9-4-7(13)11-6-2-3-6/h6H,2-4H2,1H3,(H,11,13)(H,9,10,12). The lowest BCUT2D eigenvalue weighted by Crippen LogP contribution is -2.31. The highest BCUT2D eigenvalue weighted by atomic mass is 16.5. The van der Waals surface area contributed by atoms with E-state index in [1.807, 2.05) is 0 Å². The third-order valence-corrected chi connectivity index (χ3v) is 1.87. The van der Waals surface area contributed by atoms with Gasteiger partial charge in [0.25, 0.3) is 0 Å². The molecule has 1 amide bonds. The molecule has 0 atom stereocenters. The zero-order chi connectivity index (χ0) is 9.97. The Balaban J connectivity index is 1.73. The van der Waals surface area contributed by atoms with Crippen LogP contribution in [0.3, 0.4) is 0 Å². The Kier molecular flexibility index (Phi) is 2.34. The lowest BCUT2D eigenvalue weighted by Gasteiger charge is -2.01. The highest BCUT2D eigenvalue weighted by molar-refractivity contribution is 5.80. The summed E-state index contributed by atoms with van der Waals surface area (Å²) < 4.78 is 4.78. The Hall–Kier alpha value is -1.59. The molecule has 1 aliphatic carbocycles. The van der Waals surface area contributed by atoms with Crippen LogP contribution in [0, 0.1) is 6.92 Å². The zero-order valence-electron chi connectivity index (χ0n) is 7.91.